The first-order chi connectivity index (χ1) is 9.63. The van der Waals surface area contributed by atoms with Crippen molar-refractivity contribution in [3.63, 3.8) is 0 Å². The highest BCUT2D eigenvalue weighted by Crippen LogP contribution is 2.31. The lowest BCUT2D eigenvalue weighted by atomic mass is 9.79. The molecule has 1 aliphatic rings. The third-order valence-corrected chi connectivity index (χ3v) is 4.38. The number of hydrogen-bond donors (Lipinski definition) is 1. The van der Waals surface area contributed by atoms with Gasteiger partial charge in [0, 0.05) is 13.2 Å². The van der Waals surface area contributed by atoms with Gasteiger partial charge in [0.2, 0.25) is 0 Å². The molecule has 0 saturated heterocycles. The number of fused-ring (bicyclic) bond motifs is 1. The van der Waals surface area contributed by atoms with Crippen LogP contribution in [0.25, 0.3) is 11.0 Å². The zero-order valence-electron chi connectivity index (χ0n) is 11.6. The van der Waals surface area contributed by atoms with Gasteiger partial charge in [-0.05, 0) is 49.7 Å². The molecule has 0 unspecified atom stereocenters. The number of aryl methyl sites for hydroxylation is 1. The largest absolute Gasteiger partial charge is 0.481 e. The highest BCUT2D eigenvalue weighted by Gasteiger charge is 2.26. The lowest BCUT2D eigenvalue weighted by Gasteiger charge is -2.26. The van der Waals surface area contributed by atoms with Crippen molar-refractivity contribution in [2.45, 2.75) is 32.1 Å². The zero-order valence-corrected chi connectivity index (χ0v) is 11.6. The summed E-state index contributed by atoms with van der Waals surface area (Å²) in [6.07, 6.45) is 8.30. The molecule has 1 N–H and O–H groups in total. The Hall–Kier alpha value is -1.91. The van der Waals surface area contributed by atoms with E-state index in [-0.39, 0.29) is 5.92 Å². The average molecular weight is 273 g/mol. The molecule has 3 rings (SSSR count). The second-order valence-electron chi connectivity index (χ2n) is 5.78. The van der Waals surface area contributed by atoms with Gasteiger partial charge < -0.3 is 5.11 Å². The van der Waals surface area contributed by atoms with Gasteiger partial charge in [-0.15, -0.1) is 0 Å². The van der Waals surface area contributed by atoms with Crippen LogP contribution in [0, 0.1) is 11.8 Å². The Morgan fingerprint density at radius 3 is 2.80 bits per heavy atom. The van der Waals surface area contributed by atoms with Crippen LogP contribution in [0.2, 0.25) is 0 Å². The molecule has 20 heavy (non-hydrogen) atoms. The predicted octanol–water partition coefficient (Wildman–Crippen LogP) is 2.40. The number of carbonyl (C=O) groups is 1. The van der Waals surface area contributed by atoms with Gasteiger partial charge in [-0.3, -0.25) is 14.5 Å². The minimum absolute atomic E-state index is 0.135. The summed E-state index contributed by atoms with van der Waals surface area (Å²) in [4.78, 5) is 15.4. The fourth-order valence-corrected chi connectivity index (χ4v) is 3.13. The Bertz CT molecular complexity index is 627. The third-order valence-electron chi connectivity index (χ3n) is 4.38. The Morgan fingerprint density at radius 1 is 1.35 bits per heavy atom. The molecule has 1 aliphatic carbocycles. The van der Waals surface area contributed by atoms with Crippen LogP contribution < -0.4 is 0 Å². The fraction of sp³-hybridized carbons (Fsp3) is 0.533. The van der Waals surface area contributed by atoms with Crippen molar-refractivity contribution in [1.29, 1.82) is 0 Å². The van der Waals surface area contributed by atoms with Crippen molar-refractivity contribution in [2.75, 3.05) is 0 Å². The zero-order chi connectivity index (χ0) is 14.1. The van der Waals surface area contributed by atoms with Crippen molar-refractivity contribution in [2.24, 2.45) is 18.9 Å². The molecule has 0 amide bonds. The standard InChI is InChI=1S/C15H19N3O2/c1-18-14-7-11(8-16-13(14)9-17-18)6-10-2-4-12(5-3-10)15(19)20/h7-10,12H,2-6H2,1H3,(H,19,20). The van der Waals surface area contributed by atoms with E-state index in [1.807, 2.05) is 17.9 Å². The number of rotatable bonds is 3. The number of carboxylic acids is 1. The summed E-state index contributed by atoms with van der Waals surface area (Å²) in [6.45, 7) is 0. The molecule has 0 aliphatic heterocycles. The Balaban J connectivity index is 1.68. The molecule has 0 aromatic carbocycles. The van der Waals surface area contributed by atoms with Crippen LogP contribution in [0.3, 0.4) is 0 Å². The summed E-state index contributed by atoms with van der Waals surface area (Å²) < 4.78 is 1.84. The van der Waals surface area contributed by atoms with E-state index in [1.54, 1.807) is 6.20 Å². The number of hydrogen-bond acceptors (Lipinski definition) is 3. The number of aromatic nitrogens is 3. The summed E-state index contributed by atoms with van der Waals surface area (Å²) in [5.41, 5.74) is 3.20. The van der Waals surface area contributed by atoms with E-state index >= 15 is 0 Å². The molecule has 106 valence electrons. The van der Waals surface area contributed by atoms with Crippen LogP contribution in [0.1, 0.15) is 31.2 Å². The number of nitrogens with zero attached hydrogens (tertiary/aromatic N) is 3. The third kappa shape index (κ3) is 2.53. The minimum Gasteiger partial charge on any atom is -0.481 e. The Kier molecular flexibility index (Phi) is 3.42. The molecular formula is C15H19N3O2. The van der Waals surface area contributed by atoms with Crippen LogP contribution in [-0.4, -0.2) is 25.8 Å². The van der Waals surface area contributed by atoms with Crippen LogP contribution in [0.4, 0.5) is 0 Å². The van der Waals surface area contributed by atoms with Crippen molar-refractivity contribution in [1.82, 2.24) is 14.8 Å². The van der Waals surface area contributed by atoms with E-state index in [4.69, 9.17) is 5.11 Å². The van der Waals surface area contributed by atoms with E-state index < -0.39 is 5.97 Å². The first-order valence-electron chi connectivity index (χ1n) is 7.13. The van der Waals surface area contributed by atoms with E-state index in [0.717, 1.165) is 43.1 Å². The maximum absolute atomic E-state index is 11.0. The lowest BCUT2D eigenvalue weighted by molar-refractivity contribution is -0.143. The molecule has 0 radical (unpaired) electrons. The minimum atomic E-state index is -0.638. The van der Waals surface area contributed by atoms with Gasteiger partial charge in [0.25, 0.3) is 0 Å². The normalized spacial score (nSPS) is 23.1. The van der Waals surface area contributed by atoms with Gasteiger partial charge in [-0.25, -0.2) is 0 Å². The maximum Gasteiger partial charge on any atom is 0.306 e. The number of pyridine rings is 1. The van der Waals surface area contributed by atoms with Crippen LogP contribution in [-0.2, 0) is 18.3 Å². The van der Waals surface area contributed by atoms with E-state index in [9.17, 15) is 4.79 Å². The number of carboxylic acid groups (broad SMARTS) is 1. The van der Waals surface area contributed by atoms with Crippen molar-refractivity contribution >= 4 is 17.0 Å². The SMILES string of the molecule is Cn1ncc2ncc(CC3CCC(C(=O)O)CC3)cc21. The van der Waals surface area contributed by atoms with Crippen LogP contribution in [0.5, 0.6) is 0 Å². The van der Waals surface area contributed by atoms with Gasteiger partial charge in [0.05, 0.1) is 17.6 Å². The average Bonchev–Trinajstić information content (AvgIpc) is 2.81. The fourth-order valence-electron chi connectivity index (χ4n) is 3.13. The van der Waals surface area contributed by atoms with Crippen LogP contribution >= 0.6 is 0 Å². The number of aliphatic carboxylic acids is 1. The highest BCUT2D eigenvalue weighted by molar-refractivity contribution is 5.74. The summed E-state index contributed by atoms with van der Waals surface area (Å²) >= 11 is 0. The van der Waals surface area contributed by atoms with Gasteiger partial charge in [0.15, 0.2) is 0 Å². The van der Waals surface area contributed by atoms with Crippen molar-refractivity contribution in [3.8, 4) is 0 Å². The maximum atomic E-state index is 11.0. The molecular weight excluding hydrogens is 254 g/mol. The van der Waals surface area contributed by atoms with Gasteiger partial charge in [-0.2, -0.15) is 5.10 Å². The van der Waals surface area contributed by atoms with Crippen LogP contribution in [0.15, 0.2) is 18.5 Å². The molecule has 0 spiro atoms. The smallest absolute Gasteiger partial charge is 0.306 e. The van der Waals surface area contributed by atoms with Gasteiger partial charge >= 0.3 is 5.97 Å². The predicted molar refractivity (Wildman–Crippen MR) is 75.3 cm³/mol. The second-order valence-corrected chi connectivity index (χ2v) is 5.78. The quantitative estimate of drug-likeness (QED) is 0.932. The molecule has 1 saturated carbocycles. The lowest BCUT2D eigenvalue weighted by Crippen LogP contribution is -2.22. The topological polar surface area (TPSA) is 68.0 Å². The summed E-state index contributed by atoms with van der Waals surface area (Å²) in [7, 11) is 1.92. The monoisotopic (exact) mass is 273 g/mol. The molecule has 5 heteroatoms. The Morgan fingerprint density at radius 2 is 2.10 bits per heavy atom. The molecule has 5 nitrogen and oxygen atoms in total. The highest BCUT2D eigenvalue weighted by atomic mass is 16.4. The first-order valence-corrected chi connectivity index (χ1v) is 7.13. The van der Waals surface area contributed by atoms with Gasteiger partial charge in [-0.1, -0.05) is 0 Å². The summed E-state index contributed by atoms with van der Waals surface area (Å²) in [6, 6.07) is 2.15. The molecule has 2 heterocycles. The second kappa shape index (κ2) is 5.23. The summed E-state index contributed by atoms with van der Waals surface area (Å²) in [5, 5.41) is 13.2. The van der Waals surface area contributed by atoms with Crippen molar-refractivity contribution in [3.05, 3.63) is 24.0 Å². The summed E-state index contributed by atoms with van der Waals surface area (Å²) in [5.74, 6) is -0.191. The molecule has 2 aromatic rings. The first kappa shape index (κ1) is 13.1. The van der Waals surface area contributed by atoms with Gasteiger partial charge in [0.1, 0.15) is 5.52 Å². The molecule has 0 atom stereocenters. The molecule has 1 fully saturated rings. The van der Waals surface area contributed by atoms with E-state index in [2.05, 4.69) is 16.1 Å². The Labute approximate surface area is 117 Å². The van der Waals surface area contributed by atoms with Crippen molar-refractivity contribution < 1.29 is 9.90 Å². The molecule has 2 aromatic heterocycles. The molecule has 0 bridgehead atoms. The van der Waals surface area contributed by atoms with E-state index in [0.29, 0.717) is 5.92 Å². The van der Waals surface area contributed by atoms with E-state index in [1.165, 1.54) is 5.56 Å².